The summed E-state index contributed by atoms with van der Waals surface area (Å²) in [6.07, 6.45) is 3.57. The first kappa shape index (κ1) is 20.3. The number of pyridine rings is 2. The lowest BCUT2D eigenvalue weighted by Gasteiger charge is -2.15. The number of nitrogens with two attached hydrogens (primary N) is 1. The van der Waals surface area contributed by atoms with E-state index in [9.17, 15) is 4.79 Å². The number of aryl methyl sites for hydroxylation is 1. The quantitative estimate of drug-likeness (QED) is 0.499. The van der Waals surface area contributed by atoms with Crippen LogP contribution in [0.15, 0.2) is 54.9 Å². The van der Waals surface area contributed by atoms with Crippen molar-refractivity contribution in [1.29, 1.82) is 0 Å². The Morgan fingerprint density at radius 3 is 2.81 bits per heavy atom. The average molecular weight is 416 g/mol. The molecule has 0 radical (unpaired) electrons. The van der Waals surface area contributed by atoms with Crippen LogP contribution in [0.2, 0.25) is 0 Å². The number of amides is 1. The van der Waals surface area contributed by atoms with Crippen LogP contribution in [0.25, 0.3) is 16.8 Å². The number of aromatic nitrogens is 4. The first-order valence-electron chi connectivity index (χ1n) is 10.0. The van der Waals surface area contributed by atoms with E-state index in [1.807, 2.05) is 63.2 Å². The van der Waals surface area contributed by atoms with Crippen LogP contribution in [0.1, 0.15) is 35.5 Å². The van der Waals surface area contributed by atoms with Crippen molar-refractivity contribution >= 4 is 17.5 Å². The van der Waals surface area contributed by atoms with Gasteiger partial charge in [-0.25, -0.2) is 4.52 Å². The van der Waals surface area contributed by atoms with Crippen LogP contribution >= 0.6 is 0 Å². The molecule has 3 heterocycles. The lowest BCUT2D eigenvalue weighted by Crippen LogP contribution is -2.24. The van der Waals surface area contributed by atoms with Crippen molar-refractivity contribution < 1.29 is 9.53 Å². The molecule has 3 N–H and O–H groups in total. The molecule has 158 valence electrons. The number of carbonyl (C=O) groups is 1. The number of nitrogens with zero attached hydrogens (tertiary/aromatic N) is 4. The van der Waals surface area contributed by atoms with Gasteiger partial charge in [-0.1, -0.05) is 18.2 Å². The molecular weight excluding hydrogens is 392 g/mol. The number of benzene rings is 1. The van der Waals surface area contributed by atoms with Gasteiger partial charge in [0.2, 0.25) is 5.95 Å². The first-order valence-corrected chi connectivity index (χ1v) is 10.0. The molecule has 4 rings (SSSR count). The molecule has 4 aromatic rings. The Balaban J connectivity index is 1.56. The van der Waals surface area contributed by atoms with E-state index in [1.54, 1.807) is 16.9 Å². The summed E-state index contributed by atoms with van der Waals surface area (Å²) in [5.74, 6) is 0.780. The van der Waals surface area contributed by atoms with Gasteiger partial charge in [0.1, 0.15) is 5.75 Å². The summed E-state index contributed by atoms with van der Waals surface area (Å²) in [6.45, 7) is 6.12. The molecule has 0 aliphatic heterocycles. The summed E-state index contributed by atoms with van der Waals surface area (Å²) in [5.41, 5.74) is 10.1. The van der Waals surface area contributed by atoms with Crippen LogP contribution in [-0.4, -0.2) is 31.6 Å². The van der Waals surface area contributed by atoms with Crippen LogP contribution in [0.3, 0.4) is 0 Å². The van der Waals surface area contributed by atoms with Crippen LogP contribution in [0.4, 0.5) is 5.95 Å². The monoisotopic (exact) mass is 416 g/mol. The van der Waals surface area contributed by atoms with Crippen LogP contribution in [0, 0.1) is 6.92 Å². The van der Waals surface area contributed by atoms with Crippen molar-refractivity contribution in [2.75, 3.05) is 5.73 Å². The number of nitrogen functional groups attached to an aromatic ring is 1. The lowest BCUT2D eigenvalue weighted by atomic mass is 10.0. The number of hydrogen-bond donors (Lipinski definition) is 2. The predicted molar refractivity (Wildman–Crippen MR) is 119 cm³/mol. The predicted octanol–water partition coefficient (Wildman–Crippen LogP) is 3.40. The van der Waals surface area contributed by atoms with E-state index >= 15 is 0 Å². The largest absolute Gasteiger partial charge is 0.491 e. The Morgan fingerprint density at radius 2 is 2.00 bits per heavy atom. The lowest BCUT2D eigenvalue weighted by molar-refractivity contribution is 0.0949. The van der Waals surface area contributed by atoms with Crippen LogP contribution < -0.4 is 15.8 Å². The number of carbonyl (C=O) groups excluding carboxylic acids is 1. The Labute approximate surface area is 180 Å². The standard InChI is InChI=1S/C23H24N6O2/c1-14(2)31-20-7-5-4-6-17(20)12-26-22(30)19-10-18(13-25-15(19)3)16-8-9-29-21(11-16)27-23(24)28-29/h4-11,13-14H,12H2,1-3H3,(H2,24,28)(H,26,30). The van der Waals surface area contributed by atoms with Gasteiger partial charge >= 0.3 is 0 Å². The van der Waals surface area contributed by atoms with Gasteiger partial charge in [-0.2, -0.15) is 4.98 Å². The molecule has 1 aromatic carbocycles. The molecule has 0 spiro atoms. The first-order chi connectivity index (χ1) is 14.9. The number of nitrogens with one attached hydrogen (secondary N) is 1. The summed E-state index contributed by atoms with van der Waals surface area (Å²) in [4.78, 5) is 21.5. The molecule has 3 aromatic heterocycles. The molecule has 0 saturated heterocycles. The number of anilines is 1. The fourth-order valence-electron chi connectivity index (χ4n) is 3.29. The molecular formula is C23H24N6O2. The average Bonchev–Trinajstić information content (AvgIpc) is 3.12. The Bertz CT molecular complexity index is 1250. The molecule has 0 fully saturated rings. The molecule has 0 saturated carbocycles. The maximum atomic E-state index is 12.9. The molecule has 0 aliphatic carbocycles. The van der Waals surface area contributed by atoms with E-state index in [-0.39, 0.29) is 18.0 Å². The third-order valence-corrected chi connectivity index (χ3v) is 4.79. The third kappa shape index (κ3) is 4.48. The Morgan fingerprint density at radius 1 is 1.19 bits per heavy atom. The highest BCUT2D eigenvalue weighted by Crippen LogP contribution is 2.23. The molecule has 1 amide bonds. The molecule has 8 nitrogen and oxygen atoms in total. The number of fused-ring (bicyclic) bond motifs is 1. The number of rotatable bonds is 6. The second-order valence-corrected chi connectivity index (χ2v) is 7.50. The highest BCUT2D eigenvalue weighted by molar-refractivity contribution is 5.96. The molecule has 0 bridgehead atoms. The SMILES string of the molecule is Cc1ncc(-c2ccn3nc(N)nc3c2)cc1C(=O)NCc1ccccc1OC(C)C. The second kappa shape index (κ2) is 8.43. The van der Waals surface area contributed by atoms with Gasteiger partial charge in [-0.05, 0) is 50.6 Å². The topological polar surface area (TPSA) is 107 Å². The van der Waals surface area contributed by atoms with Crippen molar-refractivity contribution in [3.05, 3.63) is 71.7 Å². The van der Waals surface area contributed by atoms with Gasteiger partial charge in [0.15, 0.2) is 5.65 Å². The Hall–Kier alpha value is -3.94. The van der Waals surface area contributed by atoms with Gasteiger partial charge in [-0.15, -0.1) is 5.10 Å². The van der Waals surface area contributed by atoms with Gasteiger partial charge < -0.3 is 15.8 Å². The minimum absolute atomic E-state index is 0.0537. The number of ether oxygens (including phenoxy) is 1. The summed E-state index contributed by atoms with van der Waals surface area (Å²) in [5, 5.41) is 7.06. The molecule has 31 heavy (non-hydrogen) atoms. The minimum Gasteiger partial charge on any atom is -0.491 e. The van der Waals surface area contributed by atoms with Crippen LogP contribution in [-0.2, 0) is 6.54 Å². The maximum absolute atomic E-state index is 12.9. The minimum atomic E-state index is -0.195. The van der Waals surface area contributed by atoms with Gasteiger partial charge in [0.25, 0.3) is 5.91 Å². The zero-order valence-electron chi connectivity index (χ0n) is 17.7. The second-order valence-electron chi connectivity index (χ2n) is 7.50. The normalized spacial score (nSPS) is 11.1. The molecule has 0 aliphatic rings. The zero-order chi connectivity index (χ0) is 22.0. The fraction of sp³-hybridized carbons (Fsp3) is 0.217. The summed E-state index contributed by atoms with van der Waals surface area (Å²) in [6, 6.07) is 13.3. The highest BCUT2D eigenvalue weighted by Gasteiger charge is 2.14. The van der Waals surface area contributed by atoms with Gasteiger partial charge in [0, 0.05) is 30.1 Å². The van der Waals surface area contributed by atoms with E-state index in [2.05, 4.69) is 20.4 Å². The van der Waals surface area contributed by atoms with Gasteiger partial charge in [-0.3, -0.25) is 9.78 Å². The van der Waals surface area contributed by atoms with Crippen molar-refractivity contribution in [3.63, 3.8) is 0 Å². The summed E-state index contributed by atoms with van der Waals surface area (Å²) >= 11 is 0. The number of para-hydroxylation sites is 1. The van der Waals surface area contributed by atoms with Crippen molar-refractivity contribution in [2.24, 2.45) is 0 Å². The van der Waals surface area contributed by atoms with Crippen molar-refractivity contribution in [2.45, 2.75) is 33.4 Å². The molecule has 8 heteroatoms. The van der Waals surface area contributed by atoms with Crippen molar-refractivity contribution in [1.82, 2.24) is 24.9 Å². The van der Waals surface area contributed by atoms with Gasteiger partial charge in [0.05, 0.1) is 17.4 Å². The number of hydrogen-bond acceptors (Lipinski definition) is 6. The summed E-state index contributed by atoms with van der Waals surface area (Å²) in [7, 11) is 0. The Kier molecular flexibility index (Phi) is 5.53. The maximum Gasteiger partial charge on any atom is 0.253 e. The van der Waals surface area contributed by atoms with E-state index < -0.39 is 0 Å². The highest BCUT2D eigenvalue weighted by atomic mass is 16.5. The van der Waals surface area contributed by atoms with E-state index in [0.717, 1.165) is 22.4 Å². The van der Waals surface area contributed by atoms with E-state index in [0.29, 0.717) is 23.4 Å². The third-order valence-electron chi connectivity index (χ3n) is 4.79. The molecule has 0 atom stereocenters. The van der Waals surface area contributed by atoms with Crippen molar-refractivity contribution in [3.8, 4) is 16.9 Å². The summed E-state index contributed by atoms with van der Waals surface area (Å²) < 4.78 is 7.44. The smallest absolute Gasteiger partial charge is 0.253 e. The zero-order valence-corrected chi connectivity index (χ0v) is 17.7. The van der Waals surface area contributed by atoms with E-state index in [1.165, 1.54) is 0 Å². The molecule has 0 unspecified atom stereocenters. The fourth-order valence-corrected chi connectivity index (χ4v) is 3.29. The van der Waals surface area contributed by atoms with E-state index in [4.69, 9.17) is 10.5 Å². The van der Waals surface area contributed by atoms with Crippen LogP contribution in [0.5, 0.6) is 5.75 Å².